The van der Waals surface area contributed by atoms with Crippen LogP contribution in [0.1, 0.15) is 25.1 Å². The second-order valence-corrected chi connectivity index (χ2v) is 6.54. The van der Waals surface area contributed by atoms with Crippen molar-refractivity contribution in [1.29, 1.82) is 0 Å². The molecule has 2 N–H and O–H groups in total. The zero-order valence-corrected chi connectivity index (χ0v) is 13.8. The summed E-state index contributed by atoms with van der Waals surface area (Å²) in [5, 5.41) is 9.34. The lowest BCUT2D eigenvalue weighted by molar-refractivity contribution is 0.0315. The molecule has 0 saturated carbocycles. The molecule has 1 aliphatic rings. The minimum Gasteiger partial charge on any atom is -0.377 e. The van der Waals surface area contributed by atoms with Crippen molar-refractivity contribution in [3.05, 3.63) is 35.9 Å². The highest BCUT2D eigenvalue weighted by atomic mass is 32.2. The second-order valence-electron chi connectivity index (χ2n) is 5.55. The van der Waals surface area contributed by atoms with Gasteiger partial charge in [-0.1, -0.05) is 11.8 Å². The van der Waals surface area contributed by atoms with Crippen LogP contribution >= 0.6 is 11.8 Å². The van der Waals surface area contributed by atoms with Crippen LogP contribution in [0.5, 0.6) is 0 Å². The van der Waals surface area contributed by atoms with Crippen molar-refractivity contribution in [1.82, 2.24) is 14.8 Å². The van der Waals surface area contributed by atoms with E-state index in [1.807, 2.05) is 4.57 Å². The summed E-state index contributed by atoms with van der Waals surface area (Å²) in [5.41, 5.74) is 6.52. The van der Waals surface area contributed by atoms with Crippen LogP contribution < -0.4 is 5.73 Å². The molecule has 1 fully saturated rings. The number of hydrogen-bond donors (Lipinski definition) is 1. The third kappa shape index (κ3) is 4.10. The lowest BCUT2D eigenvalue weighted by atomic mass is 10.1. The Morgan fingerprint density at radius 3 is 2.78 bits per heavy atom. The van der Waals surface area contributed by atoms with E-state index in [-0.39, 0.29) is 11.9 Å². The Morgan fingerprint density at radius 1 is 1.26 bits per heavy atom. The van der Waals surface area contributed by atoms with Crippen LogP contribution in [0, 0.1) is 5.82 Å². The molecule has 0 bridgehead atoms. The van der Waals surface area contributed by atoms with Crippen molar-refractivity contribution in [2.45, 2.75) is 36.9 Å². The Bertz CT molecular complexity index is 626. The first-order chi connectivity index (χ1) is 11.3. The normalized spacial score (nSPS) is 18.3. The van der Waals surface area contributed by atoms with Gasteiger partial charge in [0.25, 0.3) is 0 Å². The molecule has 2 heterocycles. The van der Waals surface area contributed by atoms with Gasteiger partial charge in [0.1, 0.15) is 11.6 Å². The summed E-state index contributed by atoms with van der Waals surface area (Å²) in [7, 11) is 0. The Labute approximate surface area is 139 Å². The molecule has 3 rings (SSSR count). The average molecular weight is 336 g/mol. The topological polar surface area (TPSA) is 66.0 Å². The van der Waals surface area contributed by atoms with E-state index < -0.39 is 0 Å². The van der Waals surface area contributed by atoms with Gasteiger partial charge >= 0.3 is 0 Å². The Balaban J connectivity index is 1.80. The van der Waals surface area contributed by atoms with Gasteiger partial charge in [0.2, 0.25) is 0 Å². The van der Waals surface area contributed by atoms with E-state index in [2.05, 4.69) is 10.2 Å². The molecular weight excluding hydrogens is 315 g/mol. The Hall–Kier alpha value is -1.44. The van der Waals surface area contributed by atoms with Crippen LogP contribution in [0.25, 0.3) is 5.69 Å². The van der Waals surface area contributed by atoms with Gasteiger partial charge < -0.3 is 10.5 Å². The molecule has 1 aliphatic heterocycles. The molecule has 0 aliphatic carbocycles. The number of halogens is 1. The third-order valence-electron chi connectivity index (χ3n) is 3.83. The first-order valence-electron chi connectivity index (χ1n) is 7.92. The third-order valence-corrected chi connectivity index (χ3v) is 4.89. The van der Waals surface area contributed by atoms with Gasteiger partial charge in [-0.15, -0.1) is 10.2 Å². The number of nitrogens with two attached hydrogens (primary N) is 1. The van der Waals surface area contributed by atoms with Gasteiger partial charge in [0.15, 0.2) is 5.16 Å². The summed E-state index contributed by atoms with van der Waals surface area (Å²) in [4.78, 5) is 0. The lowest BCUT2D eigenvalue weighted by Crippen LogP contribution is -2.21. The molecule has 1 aromatic carbocycles. The Morgan fingerprint density at radius 2 is 2.09 bits per heavy atom. The fourth-order valence-electron chi connectivity index (χ4n) is 2.64. The molecule has 0 spiro atoms. The first-order valence-corrected chi connectivity index (χ1v) is 8.91. The van der Waals surface area contributed by atoms with Crippen molar-refractivity contribution >= 4 is 11.8 Å². The minimum atomic E-state index is -0.257. The highest BCUT2D eigenvalue weighted by Crippen LogP contribution is 2.26. The molecule has 1 atom stereocenters. The monoisotopic (exact) mass is 336 g/mol. The van der Waals surface area contributed by atoms with Gasteiger partial charge in [0, 0.05) is 24.5 Å². The van der Waals surface area contributed by atoms with Crippen LogP contribution in [0.2, 0.25) is 0 Å². The number of aromatic nitrogens is 3. The number of rotatable bonds is 6. The quantitative estimate of drug-likeness (QED) is 0.821. The molecule has 2 aromatic rings. The fourth-order valence-corrected chi connectivity index (χ4v) is 3.68. The van der Waals surface area contributed by atoms with E-state index >= 15 is 0 Å². The molecule has 0 radical (unpaired) electrons. The van der Waals surface area contributed by atoms with Crippen molar-refractivity contribution in [3.63, 3.8) is 0 Å². The molecule has 124 valence electrons. The molecule has 1 aromatic heterocycles. The number of thioether (sulfide) groups is 1. The van der Waals surface area contributed by atoms with Crippen molar-refractivity contribution in [2.24, 2.45) is 5.73 Å². The van der Waals surface area contributed by atoms with Crippen LogP contribution in [0.4, 0.5) is 4.39 Å². The number of hydrogen-bond acceptors (Lipinski definition) is 5. The number of nitrogens with zero attached hydrogens (tertiary/aromatic N) is 3. The molecule has 0 unspecified atom stereocenters. The number of ether oxygens (including phenoxy) is 1. The van der Waals surface area contributed by atoms with E-state index in [9.17, 15) is 4.39 Å². The van der Waals surface area contributed by atoms with Gasteiger partial charge in [-0.2, -0.15) is 0 Å². The summed E-state index contributed by atoms with van der Waals surface area (Å²) in [5.74, 6) is 1.39. The second kappa shape index (κ2) is 7.90. The predicted octanol–water partition coefficient (Wildman–Crippen LogP) is 2.57. The summed E-state index contributed by atoms with van der Waals surface area (Å²) >= 11 is 1.63. The molecule has 5 nitrogen and oxygen atoms in total. The smallest absolute Gasteiger partial charge is 0.195 e. The average Bonchev–Trinajstić information content (AvgIpc) is 2.98. The Kier molecular flexibility index (Phi) is 5.64. The van der Waals surface area contributed by atoms with E-state index in [1.54, 1.807) is 23.9 Å². The maximum Gasteiger partial charge on any atom is 0.195 e. The van der Waals surface area contributed by atoms with Gasteiger partial charge in [-0.05, 0) is 50.1 Å². The van der Waals surface area contributed by atoms with Gasteiger partial charge in [-0.25, -0.2) is 4.39 Å². The lowest BCUT2D eigenvalue weighted by Gasteiger charge is -2.22. The van der Waals surface area contributed by atoms with Crippen molar-refractivity contribution < 1.29 is 9.13 Å². The number of benzene rings is 1. The maximum absolute atomic E-state index is 13.2. The summed E-state index contributed by atoms with van der Waals surface area (Å²) in [6.07, 6.45) is 4.35. The highest BCUT2D eigenvalue weighted by molar-refractivity contribution is 7.99. The largest absolute Gasteiger partial charge is 0.377 e. The van der Waals surface area contributed by atoms with Gasteiger partial charge in [0.05, 0.1) is 6.10 Å². The molecule has 1 saturated heterocycles. The van der Waals surface area contributed by atoms with Crippen molar-refractivity contribution in [2.75, 3.05) is 18.9 Å². The zero-order valence-electron chi connectivity index (χ0n) is 12.9. The predicted molar refractivity (Wildman–Crippen MR) is 88.4 cm³/mol. The summed E-state index contributed by atoms with van der Waals surface area (Å²) in [6, 6.07) is 6.36. The van der Waals surface area contributed by atoms with E-state index in [1.165, 1.54) is 18.6 Å². The summed E-state index contributed by atoms with van der Waals surface area (Å²) in [6.45, 7) is 1.34. The van der Waals surface area contributed by atoms with Gasteiger partial charge in [-0.3, -0.25) is 4.57 Å². The fraction of sp³-hybridized carbons (Fsp3) is 0.500. The molecule has 23 heavy (non-hydrogen) atoms. The molecule has 0 amide bonds. The first kappa shape index (κ1) is 16.4. The standard InChI is InChI=1S/C16H21FN4OS/c17-12-4-6-13(7-5-12)21-15(8-9-18)19-20-16(21)23-11-14-3-1-2-10-22-14/h4-7,14H,1-3,8-11,18H2/t14-/m1/s1. The van der Waals surface area contributed by atoms with Crippen LogP contribution in [0.3, 0.4) is 0 Å². The minimum absolute atomic E-state index is 0.257. The van der Waals surface area contributed by atoms with E-state index in [0.29, 0.717) is 13.0 Å². The van der Waals surface area contributed by atoms with Crippen LogP contribution in [-0.4, -0.2) is 39.8 Å². The van der Waals surface area contributed by atoms with Crippen LogP contribution in [-0.2, 0) is 11.2 Å². The molecule has 7 heteroatoms. The van der Waals surface area contributed by atoms with Crippen LogP contribution in [0.15, 0.2) is 29.4 Å². The molecular formula is C16H21FN4OS. The maximum atomic E-state index is 13.2. The summed E-state index contributed by atoms with van der Waals surface area (Å²) < 4.78 is 20.9. The SMILES string of the molecule is NCCc1nnc(SC[C@H]2CCCCO2)n1-c1ccc(F)cc1. The highest BCUT2D eigenvalue weighted by Gasteiger charge is 2.18. The van der Waals surface area contributed by atoms with E-state index in [4.69, 9.17) is 10.5 Å². The zero-order chi connectivity index (χ0) is 16.1. The van der Waals surface area contributed by atoms with Crippen molar-refractivity contribution in [3.8, 4) is 5.69 Å². The van der Waals surface area contributed by atoms with E-state index in [0.717, 1.165) is 41.9 Å².